The van der Waals surface area contributed by atoms with Crippen LogP contribution in [0.5, 0.6) is 0 Å². The summed E-state index contributed by atoms with van der Waals surface area (Å²) in [5, 5.41) is 24.2. The SMILES string of the molecule is CC(Nc1nc(Cl)nc2c1ncn2C1CCCC1)OCCO.CC(Nc1nc(Cl)nc2c1ncn2C1CCCC1)OCCO. The molecule has 0 spiro atoms. The molecule has 4 N–H and O–H groups in total. The van der Waals surface area contributed by atoms with E-state index in [1.807, 2.05) is 26.5 Å². The zero-order valence-electron chi connectivity index (χ0n) is 25.0. The van der Waals surface area contributed by atoms with Crippen LogP contribution in [0.25, 0.3) is 22.3 Å². The Morgan fingerprint density at radius 3 is 1.48 bits per heavy atom. The molecule has 0 aromatic carbocycles. The van der Waals surface area contributed by atoms with E-state index in [1.54, 1.807) is 0 Å². The van der Waals surface area contributed by atoms with Gasteiger partial charge in [0.2, 0.25) is 10.6 Å². The van der Waals surface area contributed by atoms with Crippen molar-refractivity contribution in [1.29, 1.82) is 0 Å². The van der Waals surface area contributed by atoms with E-state index in [9.17, 15) is 0 Å². The van der Waals surface area contributed by atoms with Crippen LogP contribution in [0.4, 0.5) is 11.6 Å². The Kier molecular flexibility index (Phi) is 11.4. The molecule has 2 fully saturated rings. The summed E-state index contributed by atoms with van der Waals surface area (Å²) in [5.41, 5.74) is 2.89. The number of imidazole rings is 2. The van der Waals surface area contributed by atoms with Gasteiger partial charge in [-0.1, -0.05) is 25.7 Å². The summed E-state index contributed by atoms with van der Waals surface area (Å²) >= 11 is 12.1. The fraction of sp³-hybridized carbons (Fsp3) is 0.643. The Hall–Kier alpha value is -2.88. The smallest absolute Gasteiger partial charge is 0.226 e. The number of rotatable bonds is 12. The first-order chi connectivity index (χ1) is 21.4. The second-order valence-corrected chi connectivity index (χ2v) is 11.6. The lowest BCUT2D eigenvalue weighted by atomic mass is 10.2. The molecule has 4 heterocycles. The van der Waals surface area contributed by atoms with E-state index in [4.69, 9.17) is 42.9 Å². The third kappa shape index (κ3) is 7.85. The summed E-state index contributed by atoms with van der Waals surface area (Å²) < 4.78 is 15.0. The van der Waals surface area contributed by atoms with Gasteiger partial charge in [0, 0.05) is 12.1 Å². The van der Waals surface area contributed by atoms with E-state index < -0.39 is 0 Å². The first-order valence-electron chi connectivity index (χ1n) is 15.2. The number of nitrogens with zero attached hydrogens (tertiary/aromatic N) is 8. The van der Waals surface area contributed by atoms with Crippen molar-refractivity contribution in [3.05, 3.63) is 23.2 Å². The number of aliphatic hydroxyl groups excluding tert-OH is 2. The maximum atomic E-state index is 8.81. The average molecular weight is 652 g/mol. The van der Waals surface area contributed by atoms with Crippen LogP contribution in [0, 0.1) is 0 Å². The van der Waals surface area contributed by atoms with E-state index in [2.05, 4.69) is 49.7 Å². The van der Waals surface area contributed by atoms with Gasteiger partial charge in [-0.3, -0.25) is 0 Å². The normalized spacial score (nSPS) is 17.2. The maximum absolute atomic E-state index is 8.81. The number of anilines is 2. The highest BCUT2D eigenvalue weighted by Gasteiger charge is 2.23. The number of fused-ring (bicyclic) bond motifs is 2. The van der Waals surface area contributed by atoms with Crippen molar-refractivity contribution in [2.24, 2.45) is 0 Å². The van der Waals surface area contributed by atoms with Crippen molar-refractivity contribution in [2.45, 2.75) is 89.8 Å². The summed E-state index contributed by atoms with van der Waals surface area (Å²) in [5.74, 6) is 1.11. The van der Waals surface area contributed by atoms with Gasteiger partial charge in [0.15, 0.2) is 34.0 Å². The molecule has 0 aliphatic heterocycles. The quantitative estimate of drug-likeness (QED) is 0.123. The largest absolute Gasteiger partial charge is 0.394 e. The van der Waals surface area contributed by atoms with Gasteiger partial charge in [-0.15, -0.1) is 0 Å². The number of aliphatic hydroxyl groups is 2. The lowest BCUT2D eigenvalue weighted by Gasteiger charge is -2.16. The van der Waals surface area contributed by atoms with Gasteiger partial charge >= 0.3 is 0 Å². The van der Waals surface area contributed by atoms with E-state index >= 15 is 0 Å². The molecule has 2 aliphatic carbocycles. The Morgan fingerprint density at radius 1 is 0.727 bits per heavy atom. The number of hydrogen-bond donors (Lipinski definition) is 4. The molecule has 0 radical (unpaired) electrons. The van der Waals surface area contributed by atoms with Crippen molar-refractivity contribution >= 4 is 57.2 Å². The summed E-state index contributed by atoms with van der Waals surface area (Å²) in [7, 11) is 0. The molecule has 0 saturated heterocycles. The molecule has 2 aliphatic rings. The van der Waals surface area contributed by atoms with Gasteiger partial charge in [0.1, 0.15) is 12.5 Å². The molecule has 16 heteroatoms. The molecule has 4 aromatic rings. The molecule has 0 amide bonds. The molecule has 240 valence electrons. The van der Waals surface area contributed by atoms with E-state index in [0.717, 1.165) is 37.0 Å². The van der Waals surface area contributed by atoms with E-state index in [1.165, 1.54) is 25.7 Å². The molecule has 2 atom stereocenters. The minimum Gasteiger partial charge on any atom is -0.394 e. The standard InChI is InChI=1S/2C14H20ClN5O2/c2*1-9(22-7-6-21)17-12-11-13(19-14(15)18-12)20(8-16-11)10-4-2-3-5-10/h2*8-10,21H,2-7H2,1H3,(H,17,18,19). The van der Waals surface area contributed by atoms with Crippen molar-refractivity contribution in [1.82, 2.24) is 39.0 Å². The molecular formula is C28H40Cl2N10O4. The number of nitrogens with one attached hydrogen (secondary N) is 2. The van der Waals surface area contributed by atoms with Gasteiger partial charge in [-0.25, -0.2) is 9.97 Å². The Morgan fingerprint density at radius 2 is 1.11 bits per heavy atom. The van der Waals surface area contributed by atoms with Gasteiger partial charge in [-0.2, -0.15) is 19.9 Å². The van der Waals surface area contributed by atoms with Crippen molar-refractivity contribution in [3.8, 4) is 0 Å². The molecule has 2 unspecified atom stereocenters. The maximum Gasteiger partial charge on any atom is 0.226 e. The van der Waals surface area contributed by atoms with Crippen LogP contribution in [-0.2, 0) is 9.47 Å². The minimum atomic E-state index is -0.307. The number of aromatic nitrogens is 8. The number of ether oxygens (including phenoxy) is 2. The Labute approximate surface area is 265 Å². The third-order valence-electron chi connectivity index (χ3n) is 7.82. The number of halogens is 2. The molecular weight excluding hydrogens is 611 g/mol. The van der Waals surface area contributed by atoms with Crippen molar-refractivity contribution < 1.29 is 19.7 Å². The van der Waals surface area contributed by atoms with Crippen LogP contribution in [0.15, 0.2) is 12.7 Å². The van der Waals surface area contributed by atoms with Crippen molar-refractivity contribution in [2.75, 3.05) is 37.1 Å². The van der Waals surface area contributed by atoms with Crippen molar-refractivity contribution in [3.63, 3.8) is 0 Å². The molecule has 2 saturated carbocycles. The molecule has 0 bridgehead atoms. The van der Waals surface area contributed by atoms with E-state index in [-0.39, 0.29) is 49.5 Å². The van der Waals surface area contributed by atoms with Crippen LogP contribution in [0.2, 0.25) is 10.6 Å². The predicted molar refractivity (Wildman–Crippen MR) is 168 cm³/mol. The molecule has 44 heavy (non-hydrogen) atoms. The van der Waals surface area contributed by atoms with Gasteiger partial charge in [0.05, 0.1) is 39.1 Å². The average Bonchev–Trinajstić information content (AvgIpc) is 3.81. The second-order valence-electron chi connectivity index (χ2n) is 11.0. The molecule has 14 nitrogen and oxygen atoms in total. The van der Waals surface area contributed by atoms with Crippen LogP contribution in [-0.4, -0.2) is 88.1 Å². The topological polar surface area (TPSA) is 170 Å². The fourth-order valence-corrected chi connectivity index (χ4v) is 6.14. The lowest BCUT2D eigenvalue weighted by molar-refractivity contribution is 0.0540. The second kappa shape index (κ2) is 15.4. The monoisotopic (exact) mass is 650 g/mol. The van der Waals surface area contributed by atoms with Gasteiger partial charge < -0.3 is 39.5 Å². The minimum absolute atomic E-state index is 0.0255. The summed E-state index contributed by atoms with van der Waals surface area (Å²) in [6, 6.07) is 0.874. The first-order valence-corrected chi connectivity index (χ1v) is 15.9. The van der Waals surface area contributed by atoms with Crippen LogP contribution in [0.1, 0.15) is 77.3 Å². The van der Waals surface area contributed by atoms with Gasteiger partial charge in [0.25, 0.3) is 0 Å². The fourth-order valence-electron chi connectivity index (χ4n) is 5.81. The summed E-state index contributed by atoms with van der Waals surface area (Å²) in [4.78, 5) is 26.0. The predicted octanol–water partition coefficient (Wildman–Crippen LogP) is 4.72. The number of hydrogen-bond acceptors (Lipinski definition) is 12. The van der Waals surface area contributed by atoms with E-state index in [0.29, 0.717) is 34.8 Å². The third-order valence-corrected chi connectivity index (χ3v) is 8.16. The first kappa shape index (κ1) is 32.5. The van der Waals surface area contributed by atoms with Crippen LogP contribution >= 0.6 is 23.2 Å². The summed E-state index contributed by atoms with van der Waals surface area (Å²) in [6.45, 7) is 4.14. The highest BCUT2D eigenvalue weighted by molar-refractivity contribution is 6.29. The Bertz CT molecular complexity index is 1390. The molecule has 4 aromatic heterocycles. The van der Waals surface area contributed by atoms with Gasteiger partial charge in [-0.05, 0) is 62.7 Å². The summed E-state index contributed by atoms with van der Waals surface area (Å²) in [6.07, 6.45) is 12.5. The zero-order valence-corrected chi connectivity index (χ0v) is 26.5. The van der Waals surface area contributed by atoms with Crippen LogP contribution in [0.3, 0.4) is 0 Å². The Balaban J connectivity index is 0.000000175. The molecule has 6 rings (SSSR count). The zero-order chi connectivity index (χ0) is 31.1. The highest BCUT2D eigenvalue weighted by Crippen LogP contribution is 2.34. The lowest BCUT2D eigenvalue weighted by Crippen LogP contribution is -2.22. The highest BCUT2D eigenvalue weighted by atomic mass is 35.5. The van der Waals surface area contributed by atoms with Crippen LogP contribution < -0.4 is 10.6 Å².